The first-order valence-electron chi connectivity index (χ1n) is 9.94. The van der Waals surface area contributed by atoms with Gasteiger partial charge in [-0.3, -0.25) is 19.3 Å². The second kappa shape index (κ2) is 9.98. The van der Waals surface area contributed by atoms with E-state index in [4.69, 9.17) is 16.0 Å². The summed E-state index contributed by atoms with van der Waals surface area (Å²) in [5, 5.41) is 2.13. The minimum absolute atomic E-state index is 0.0735. The van der Waals surface area contributed by atoms with Gasteiger partial charge in [0.25, 0.3) is 11.1 Å². The van der Waals surface area contributed by atoms with Gasteiger partial charge < -0.3 is 14.5 Å². The fourth-order valence-corrected chi connectivity index (χ4v) is 4.18. The van der Waals surface area contributed by atoms with Crippen molar-refractivity contribution >= 4 is 58.1 Å². The molecule has 0 atom stereocenters. The van der Waals surface area contributed by atoms with Crippen molar-refractivity contribution in [3.63, 3.8) is 0 Å². The first-order valence-corrected chi connectivity index (χ1v) is 11.1. The van der Waals surface area contributed by atoms with E-state index in [2.05, 4.69) is 10.1 Å². The summed E-state index contributed by atoms with van der Waals surface area (Å²) in [6.07, 6.45) is 1.47. The number of anilines is 1. The maximum Gasteiger partial charge on any atom is 0.339 e. The molecule has 0 unspecified atom stereocenters. The van der Waals surface area contributed by atoms with Gasteiger partial charge in [0.15, 0.2) is 0 Å². The largest absolute Gasteiger partial charge is 0.465 e. The van der Waals surface area contributed by atoms with E-state index in [0.29, 0.717) is 11.5 Å². The standard InChI is InChI=1S/C24H17ClN2O6S/c1-32-23(30)17-11-15(7-9-18(17)25)26-21(28)13-27-22(29)20(34-24(27)31)12-16-8-10-19(33-16)14-5-3-2-4-6-14/h2-12H,13H2,1H3,(H,26,28)/b20-12-. The van der Waals surface area contributed by atoms with Crippen LogP contribution in [0.25, 0.3) is 17.4 Å². The Morgan fingerprint density at radius 3 is 2.62 bits per heavy atom. The molecule has 1 aromatic heterocycles. The Balaban J connectivity index is 1.44. The summed E-state index contributed by atoms with van der Waals surface area (Å²) >= 11 is 6.69. The van der Waals surface area contributed by atoms with Gasteiger partial charge >= 0.3 is 5.97 Å². The monoisotopic (exact) mass is 496 g/mol. The van der Waals surface area contributed by atoms with E-state index in [0.717, 1.165) is 22.2 Å². The second-order valence-electron chi connectivity index (χ2n) is 7.07. The number of hydrogen-bond acceptors (Lipinski definition) is 7. The summed E-state index contributed by atoms with van der Waals surface area (Å²) in [5.41, 5.74) is 1.22. The molecule has 3 amide bonds. The molecule has 1 aliphatic rings. The van der Waals surface area contributed by atoms with Crippen molar-refractivity contribution in [1.82, 2.24) is 4.90 Å². The molecule has 1 fully saturated rings. The maximum absolute atomic E-state index is 12.7. The Labute approximate surface area is 203 Å². The third-order valence-corrected chi connectivity index (χ3v) is 6.03. The van der Waals surface area contributed by atoms with Crippen molar-refractivity contribution in [3.8, 4) is 11.3 Å². The topological polar surface area (TPSA) is 106 Å². The quantitative estimate of drug-likeness (QED) is 0.375. The summed E-state index contributed by atoms with van der Waals surface area (Å²) in [7, 11) is 1.21. The van der Waals surface area contributed by atoms with Gasteiger partial charge in [0.05, 0.1) is 22.6 Å². The lowest BCUT2D eigenvalue weighted by Gasteiger charge is -2.13. The van der Waals surface area contributed by atoms with Crippen LogP contribution < -0.4 is 5.32 Å². The molecule has 8 nitrogen and oxygen atoms in total. The zero-order valence-corrected chi connectivity index (χ0v) is 19.3. The molecule has 0 aliphatic carbocycles. The van der Waals surface area contributed by atoms with E-state index >= 15 is 0 Å². The smallest absolute Gasteiger partial charge is 0.339 e. The van der Waals surface area contributed by atoms with Crippen LogP contribution in [0.3, 0.4) is 0 Å². The molecule has 2 heterocycles. The molecular weight excluding hydrogens is 480 g/mol. The van der Waals surface area contributed by atoms with Crippen LogP contribution in [0.4, 0.5) is 10.5 Å². The molecule has 172 valence electrons. The van der Waals surface area contributed by atoms with E-state index in [1.54, 1.807) is 12.1 Å². The summed E-state index contributed by atoms with van der Waals surface area (Å²) < 4.78 is 10.4. The van der Waals surface area contributed by atoms with Crippen LogP contribution in [0.1, 0.15) is 16.1 Å². The highest BCUT2D eigenvalue weighted by Gasteiger charge is 2.36. The summed E-state index contributed by atoms with van der Waals surface area (Å²) in [4.78, 5) is 50.3. The number of furan rings is 1. The Bertz CT molecular complexity index is 1320. The lowest BCUT2D eigenvalue weighted by atomic mass is 10.2. The first kappa shape index (κ1) is 23.3. The Kier molecular flexibility index (Phi) is 6.85. The number of halogens is 1. The van der Waals surface area contributed by atoms with Crippen LogP contribution >= 0.6 is 23.4 Å². The Hall–Kier alpha value is -3.82. The summed E-state index contributed by atoms with van der Waals surface area (Å²) in [6, 6.07) is 17.2. The molecule has 1 N–H and O–H groups in total. The maximum atomic E-state index is 12.7. The van der Waals surface area contributed by atoms with Crippen molar-refractivity contribution in [2.75, 3.05) is 19.0 Å². The number of nitrogens with zero attached hydrogens (tertiary/aromatic N) is 1. The van der Waals surface area contributed by atoms with Gasteiger partial charge in [0.2, 0.25) is 5.91 Å². The van der Waals surface area contributed by atoms with Gasteiger partial charge in [-0.05, 0) is 42.1 Å². The molecule has 1 saturated heterocycles. The zero-order valence-electron chi connectivity index (χ0n) is 17.7. The highest BCUT2D eigenvalue weighted by molar-refractivity contribution is 8.18. The molecule has 34 heavy (non-hydrogen) atoms. The van der Waals surface area contributed by atoms with E-state index < -0.39 is 29.6 Å². The molecule has 0 saturated carbocycles. The fraction of sp³-hybridized carbons (Fsp3) is 0.0833. The van der Waals surface area contributed by atoms with Gasteiger partial charge in [-0.25, -0.2) is 4.79 Å². The Morgan fingerprint density at radius 1 is 1.12 bits per heavy atom. The van der Waals surface area contributed by atoms with Crippen molar-refractivity contribution in [1.29, 1.82) is 0 Å². The van der Waals surface area contributed by atoms with Gasteiger partial charge in [-0.2, -0.15) is 0 Å². The molecule has 10 heteroatoms. The number of thioether (sulfide) groups is 1. The van der Waals surface area contributed by atoms with E-state index in [1.807, 2.05) is 30.3 Å². The third-order valence-electron chi connectivity index (χ3n) is 4.79. The van der Waals surface area contributed by atoms with Crippen molar-refractivity contribution < 1.29 is 28.3 Å². The number of amides is 3. The molecule has 2 aromatic carbocycles. The lowest BCUT2D eigenvalue weighted by Crippen LogP contribution is -2.36. The molecular formula is C24H17ClN2O6S. The van der Waals surface area contributed by atoms with Gasteiger partial charge in [0, 0.05) is 17.3 Å². The predicted octanol–water partition coefficient (Wildman–Crippen LogP) is 5.06. The number of methoxy groups -OCH3 is 1. The number of ether oxygens (including phenoxy) is 1. The van der Waals surface area contributed by atoms with Crippen LogP contribution in [0, 0.1) is 0 Å². The van der Waals surface area contributed by atoms with Gasteiger partial charge in [0.1, 0.15) is 18.1 Å². The van der Waals surface area contributed by atoms with Gasteiger partial charge in [-0.15, -0.1) is 0 Å². The molecule has 0 spiro atoms. The van der Waals surface area contributed by atoms with E-state index in [9.17, 15) is 19.2 Å². The van der Waals surface area contributed by atoms with E-state index in [1.165, 1.54) is 31.4 Å². The predicted molar refractivity (Wildman–Crippen MR) is 128 cm³/mol. The van der Waals surface area contributed by atoms with Crippen LogP contribution in [0.15, 0.2) is 70.0 Å². The molecule has 4 rings (SSSR count). The fourth-order valence-electron chi connectivity index (χ4n) is 3.17. The molecule has 0 bridgehead atoms. The van der Waals surface area contributed by atoms with Crippen LogP contribution in [0.2, 0.25) is 5.02 Å². The zero-order chi connectivity index (χ0) is 24.2. The third kappa shape index (κ3) is 5.05. The first-order chi connectivity index (χ1) is 16.4. The van der Waals surface area contributed by atoms with Crippen molar-refractivity contribution in [3.05, 3.63) is 81.9 Å². The van der Waals surface area contributed by atoms with E-state index in [-0.39, 0.29) is 21.2 Å². The normalized spacial score (nSPS) is 14.5. The summed E-state index contributed by atoms with van der Waals surface area (Å²) in [5.74, 6) is -0.851. The Morgan fingerprint density at radius 2 is 1.88 bits per heavy atom. The summed E-state index contributed by atoms with van der Waals surface area (Å²) in [6.45, 7) is -0.494. The number of hydrogen-bond donors (Lipinski definition) is 1. The average Bonchev–Trinajstić information content (AvgIpc) is 3.40. The number of nitrogens with one attached hydrogen (secondary N) is 1. The number of carbonyl (C=O) groups is 4. The highest BCUT2D eigenvalue weighted by Crippen LogP contribution is 2.33. The number of esters is 1. The average molecular weight is 497 g/mol. The number of benzene rings is 2. The number of rotatable bonds is 6. The number of carbonyl (C=O) groups excluding carboxylic acids is 4. The van der Waals surface area contributed by atoms with Crippen molar-refractivity contribution in [2.24, 2.45) is 0 Å². The molecule has 1 aliphatic heterocycles. The highest BCUT2D eigenvalue weighted by atomic mass is 35.5. The minimum atomic E-state index is -0.662. The molecule has 0 radical (unpaired) electrons. The van der Waals surface area contributed by atoms with Crippen LogP contribution in [-0.4, -0.2) is 41.6 Å². The second-order valence-corrected chi connectivity index (χ2v) is 8.47. The van der Waals surface area contributed by atoms with Crippen molar-refractivity contribution in [2.45, 2.75) is 0 Å². The SMILES string of the molecule is COC(=O)c1cc(NC(=O)CN2C(=O)S/C(=C\c3ccc(-c4ccccc4)o3)C2=O)ccc1Cl. The van der Waals surface area contributed by atoms with Crippen LogP contribution in [-0.2, 0) is 14.3 Å². The minimum Gasteiger partial charge on any atom is -0.465 e. The number of imide groups is 1. The molecule has 3 aromatic rings. The van der Waals surface area contributed by atoms with Gasteiger partial charge in [-0.1, -0.05) is 41.9 Å². The van der Waals surface area contributed by atoms with Crippen LogP contribution in [0.5, 0.6) is 0 Å². The lowest BCUT2D eigenvalue weighted by molar-refractivity contribution is -0.127.